The molecule has 5 nitrogen and oxygen atoms in total. The molecule has 32 heavy (non-hydrogen) atoms. The van der Waals surface area contributed by atoms with Crippen molar-refractivity contribution in [1.82, 2.24) is 5.32 Å². The molecule has 0 aromatic heterocycles. The predicted octanol–water partition coefficient (Wildman–Crippen LogP) is 4.38. The highest BCUT2D eigenvalue weighted by Crippen LogP contribution is 2.44. The summed E-state index contributed by atoms with van der Waals surface area (Å²) in [7, 11) is -2.47. The minimum absolute atomic E-state index is 0.0208. The maximum Gasteiger partial charge on any atom is 0.407 e. The molecule has 3 aromatic carbocycles. The van der Waals surface area contributed by atoms with Gasteiger partial charge in [-0.2, -0.15) is 0 Å². The summed E-state index contributed by atoms with van der Waals surface area (Å²) in [6, 6.07) is 23.3. The van der Waals surface area contributed by atoms with Crippen LogP contribution in [-0.2, 0) is 15.7 Å². The molecule has 3 aromatic rings. The van der Waals surface area contributed by atoms with E-state index in [1.54, 1.807) is 13.3 Å². The van der Waals surface area contributed by atoms with Crippen molar-refractivity contribution < 1.29 is 19.2 Å². The van der Waals surface area contributed by atoms with Crippen molar-refractivity contribution in [2.24, 2.45) is 0 Å². The number of aliphatic hydroxyl groups excluding tert-OH is 1. The molecular weight excluding hydrogens is 421 g/mol. The Bertz CT molecular complexity index is 1120. The first kappa shape index (κ1) is 22.3. The van der Waals surface area contributed by atoms with Gasteiger partial charge in [-0.15, -0.1) is 0 Å². The Hall–Kier alpha value is -2.88. The highest BCUT2D eigenvalue weighted by molar-refractivity contribution is 7.70. The third-order valence-corrected chi connectivity index (χ3v) is 7.52. The van der Waals surface area contributed by atoms with Crippen molar-refractivity contribution in [1.29, 1.82) is 0 Å². The van der Waals surface area contributed by atoms with Crippen LogP contribution in [0.1, 0.15) is 22.6 Å². The van der Waals surface area contributed by atoms with Gasteiger partial charge in [-0.1, -0.05) is 72.8 Å². The number of benzene rings is 3. The fourth-order valence-corrected chi connectivity index (χ4v) is 5.74. The summed E-state index contributed by atoms with van der Waals surface area (Å²) in [4.78, 5) is 12.6. The molecule has 0 saturated carbocycles. The number of ether oxygens (including phenoxy) is 1. The fourth-order valence-electron chi connectivity index (χ4n) is 4.44. The molecular formula is C26H28NO4P. The van der Waals surface area contributed by atoms with Crippen LogP contribution in [0.2, 0.25) is 0 Å². The standard InChI is InChI=1S/C26H28NO4P/c1-32(2,30)25-14-8-3-9-18(25)15-19(16-28)27-26(29)31-17-24-22-12-6-4-10-20(22)21-11-5-7-13-23(21)24/h3-14,19,24,28H,15-17H2,1-2H3,(H,27,29). The average Bonchev–Trinajstić information content (AvgIpc) is 3.10. The second-order valence-electron chi connectivity index (χ2n) is 8.53. The Morgan fingerprint density at radius 3 is 2.12 bits per heavy atom. The molecule has 2 N–H and O–H groups in total. The van der Waals surface area contributed by atoms with Crippen molar-refractivity contribution in [3.63, 3.8) is 0 Å². The van der Waals surface area contributed by atoms with Crippen LogP contribution in [-0.4, -0.2) is 43.8 Å². The number of hydrogen-bond acceptors (Lipinski definition) is 4. The molecule has 1 atom stereocenters. The molecule has 0 spiro atoms. The van der Waals surface area contributed by atoms with Crippen LogP contribution >= 0.6 is 7.14 Å². The number of nitrogens with one attached hydrogen (secondary N) is 1. The lowest BCUT2D eigenvalue weighted by atomic mass is 9.98. The normalized spacial score (nSPS) is 13.8. The smallest absolute Gasteiger partial charge is 0.407 e. The van der Waals surface area contributed by atoms with E-state index in [0.717, 1.165) is 22.0 Å². The maximum atomic E-state index is 12.6. The molecule has 4 rings (SSSR count). The summed E-state index contributed by atoms with van der Waals surface area (Å²) in [6.07, 6.45) is -0.192. The number of alkyl carbamates (subject to hydrolysis) is 1. The number of rotatable bonds is 7. The van der Waals surface area contributed by atoms with Crippen LogP contribution < -0.4 is 10.6 Å². The molecule has 1 unspecified atom stereocenters. The van der Waals surface area contributed by atoms with Crippen LogP contribution in [0.5, 0.6) is 0 Å². The van der Waals surface area contributed by atoms with E-state index in [2.05, 4.69) is 29.6 Å². The van der Waals surface area contributed by atoms with E-state index in [4.69, 9.17) is 4.74 Å². The molecule has 1 amide bonds. The number of hydrogen-bond donors (Lipinski definition) is 2. The summed E-state index contributed by atoms with van der Waals surface area (Å²) in [5.41, 5.74) is 5.50. The second-order valence-corrected chi connectivity index (χ2v) is 11.7. The first-order valence-electron chi connectivity index (χ1n) is 10.7. The number of carbonyl (C=O) groups is 1. The Kier molecular flexibility index (Phi) is 6.50. The van der Waals surface area contributed by atoms with Gasteiger partial charge in [0.2, 0.25) is 0 Å². The molecule has 0 aliphatic heterocycles. The van der Waals surface area contributed by atoms with Gasteiger partial charge in [0.1, 0.15) is 13.7 Å². The lowest BCUT2D eigenvalue weighted by Gasteiger charge is -2.20. The Balaban J connectivity index is 1.43. The van der Waals surface area contributed by atoms with E-state index in [9.17, 15) is 14.5 Å². The molecule has 0 bridgehead atoms. The van der Waals surface area contributed by atoms with Crippen LogP contribution in [0.4, 0.5) is 4.79 Å². The van der Waals surface area contributed by atoms with Gasteiger partial charge in [0.05, 0.1) is 12.6 Å². The topological polar surface area (TPSA) is 75.6 Å². The summed E-state index contributed by atoms with van der Waals surface area (Å²) in [6.45, 7) is 3.42. The molecule has 0 radical (unpaired) electrons. The van der Waals surface area contributed by atoms with Crippen molar-refractivity contribution in [3.05, 3.63) is 89.5 Å². The van der Waals surface area contributed by atoms with Gasteiger partial charge < -0.3 is 19.7 Å². The minimum atomic E-state index is -2.47. The monoisotopic (exact) mass is 449 g/mol. The maximum absolute atomic E-state index is 12.6. The third-order valence-electron chi connectivity index (χ3n) is 5.92. The van der Waals surface area contributed by atoms with Crippen molar-refractivity contribution in [3.8, 4) is 11.1 Å². The van der Waals surface area contributed by atoms with Crippen molar-refractivity contribution in [2.75, 3.05) is 26.5 Å². The number of fused-ring (bicyclic) bond motifs is 3. The van der Waals surface area contributed by atoms with Crippen LogP contribution in [0.25, 0.3) is 11.1 Å². The Labute approximate surface area is 188 Å². The third kappa shape index (κ3) is 4.64. The Morgan fingerprint density at radius 1 is 0.969 bits per heavy atom. The van der Waals surface area contributed by atoms with Crippen LogP contribution in [0.15, 0.2) is 72.8 Å². The van der Waals surface area contributed by atoms with E-state index in [0.29, 0.717) is 6.42 Å². The van der Waals surface area contributed by atoms with E-state index in [1.807, 2.05) is 48.5 Å². The number of aliphatic hydroxyl groups is 1. The van der Waals surface area contributed by atoms with Crippen molar-refractivity contribution >= 4 is 18.5 Å². The van der Waals surface area contributed by atoms with E-state index in [1.165, 1.54) is 11.1 Å². The van der Waals surface area contributed by atoms with Gasteiger partial charge in [-0.3, -0.25) is 0 Å². The molecule has 0 heterocycles. The van der Waals surface area contributed by atoms with Crippen LogP contribution in [0.3, 0.4) is 0 Å². The van der Waals surface area contributed by atoms with E-state index >= 15 is 0 Å². The van der Waals surface area contributed by atoms with Gasteiger partial charge in [0, 0.05) is 11.2 Å². The zero-order valence-corrected chi connectivity index (χ0v) is 19.2. The minimum Gasteiger partial charge on any atom is -0.449 e. The Morgan fingerprint density at radius 2 is 1.53 bits per heavy atom. The highest BCUT2D eigenvalue weighted by atomic mass is 31.2. The van der Waals surface area contributed by atoms with Gasteiger partial charge in [-0.05, 0) is 47.6 Å². The highest BCUT2D eigenvalue weighted by Gasteiger charge is 2.29. The summed E-state index contributed by atoms with van der Waals surface area (Å²) in [5.74, 6) is -0.0208. The fraction of sp³-hybridized carbons (Fsp3) is 0.269. The summed E-state index contributed by atoms with van der Waals surface area (Å²) in [5, 5.41) is 13.4. The quantitative estimate of drug-likeness (QED) is 0.525. The first-order valence-corrected chi connectivity index (χ1v) is 13.3. The molecule has 1 aliphatic rings. The zero-order valence-electron chi connectivity index (χ0n) is 18.3. The summed E-state index contributed by atoms with van der Waals surface area (Å²) >= 11 is 0. The molecule has 0 saturated heterocycles. The predicted molar refractivity (Wildman–Crippen MR) is 128 cm³/mol. The van der Waals surface area contributed by atoms with Gasteiger partial charge in [0.25, 0.3) is 0 Å². The van der Waals surface area contributed by atoms with E-state index in [-0.39, 0.29) is 19.1 Å². The van der Waals surface area contributed by atoms with Gasteiger partial charge >= 0.3 is 6.09 Å². The number of carbonyl (C=O) groups excluding carboxylic acids is 1. The molecule has 6 heteroatoms. The summed E-state index contributed by atoms with van der Waals surface area (Å²) < 4.78 is 18.2. The largest absolute Gasteiger partial charge is 0.449 e. The number of amides is 1. The molecule has 1 aliphatic carbocycles. The first-order chi connectivity index (χ1) is 15.4. The van der Waals surface area contributed by atoms with Gasteiger partial charge in [0.15, 0.2) is 0 Å². The van der Waals surface area contributed by atoms with Gasteiger partial charge in [-0.25, -0.2) is 4.79 Å². The zero-order chi connectivity index (χ0) is 22.7. The van der Waals surface area contributed by atoms with Crippen LogP contribution in [0, 0.1) is 0 Å². The lowest BCUT2D eigenvalue weighted by Crippen LogP contribution is -2.40. The second kappa shape index (κ2) is 9.32. The van der Waals surface area contributed by atoms with Crippen molar-refractivity contribution in [2.45, 2.75) is 18.4 Å². The SMILES string of the molecule is CP(C)(=O)c1ccccc1CC(CO)NC(=O)OCC1c2ccccc2-c2ccccc21. The lowest BCUT2D eigenvalue weighted by molar-refractivity contribution is 0.132. The molecule has 0 fully saturated rings. The average molecular weight is 449 g/mol. The van der Waals surface area contributed by atoms with E-state index < -0.39 is 19.3 Å². The molecule has 166 valence electrons.